The summed E-state index contributed by atoms with van der Waals surface area (Å²) in [7, 11) is 0. The van der Waals surface area contributed by atoms with Crippen molar-refractivity contribution >= 4 is 11.8 Å². The minimum absolute atomic E-state index is 0.908. The molecule has 3 fully saturated rings. The van der Waals surface area contributed by atoms with Crippen LogP contribution in [-0.4, -0.2) is 59.6 Å². The average Bonchev–Trinajstić information content (AvgIpc) is 2.87. The first-order chi connectivity index (χ1) is 7.42. The maximum Gasteiger partial charge on any atom is 0.0224 e. The molecular weight excluding hydrogens is 204 g/mol. The van der Waals surface area contributed by atoms with E-state index in [1.807, 2.05) is 0 Å². The van der Waals surface area contributed by atoms with Gasteiger partial charge in [-0.3, -0.25) is 9.80 Å². The van der Waals surface area contributed by atoms with Gasteiger partial charge in [0.1, 0.15) is 0 Å². The highest BCUT2D eigenvalue weighted by Crippen LogP contribution is 2.28. The molecule has 0 aliphatic carbocycles. The topological polar surface area (TPSA) is 6.48 Å². The van der Waals surface area contributed by atoms with Crippen LogP contribution in [0.1, 0.15) is 25.7 Å². The van der Waals surface area contributed by atoms with Gasteiger partial charge in [-0.15, -0.1) is 0 Å². The molecule has 3 heteroatoms. The lowest BCUT2D eigenvalue weighted by molar-refractivity contribution is 0.105. The summed E-state index contributed by atoms with van der Waals surface area (Å²) in [6, 6.07) is 0.908. The summed E-state index contributed by atoms with van der Waals surface area (Å²) in [5.74, 6) is 1.41. The third-order valence-corrected chi connectivity index (χ3v) is 5.54. The first-order valence-corrected chi connectivity index (χ1v) is 7.55. The molecule has 0 radical (unpaired) electrons. The van der Waals surface area contributed by atoms with E-state index < -0.39 is 0 Å². The molecule has 0 aromatic carbocycles. The highest BCUT2D eigenvalue weighted by Gasteiger charge is 2.31. The first-order valence-electron chi connectivity index (χ1n) is 6.50. The Morgan fingerprint density at radius 1 is 1.07 bits per heavy atom. The molecule has 0 N–H and O–H groups in total. The number of piperazine rings is 1. The summed E-state index contributed by atoms with van der Waals surface area (Å²) in [4.78, 5) is 5.44. The normalized spacial score (nSPS) is 38.4. The summed E-state index contributed by atoms with van der Waals surface area (Å²) in [5.41, 5.74) is 0. The highest BCUT2D eigenvalue weighted by molar-refractivity contribution is 8.00. The van der Waals surface area contributed by atoms with Gasteiger partial charge in [-0.05, 0) is 38.0 Å². The fourth-order valence-corrected chi connectivity index (χ4v) is 4.61. The van der Waals surface area contributed by atoms with Crippen molar-refractivity contribution in [2.75, 3.05) is 38.5 Å². The van der Waals surface area contributed by atoms with Gasteiger partial charge in [-0.25, -0.2) is 0 Å². The molecule has 0 amide bonds. The van der Waals surface area contributed by atoms with E-state index in [1.165, 1.54) is 64.2 Å². The van der Waals surface area contributed by atoms with Crippen LogP contribution in [0, 0.1) is 0 Å². The zero-order chi connectivity index (χ0) is 10.1. The minimum Gasteiger partial charge on any atom is -0.299 e. The van der Waals surface area contributed by atoms with Crippen LogP contribution < -0.4 is 0 Å². The molecule has 2 nitrogen and oxygen atoms in total. The predicted molar refractivity (Wildman–Crippen MR) is 66.5 cm³/mol. The summed E-state index contributed by atoms with van der Waals surface area (Å²) in [5, 5.41) is 0.956. The SMILES string of the molecule is C1CSC(CN2CCN3CCCC3C2)C1. The van der Waals surface area contributed by atoms with Gasteiger partial charge < -0.3 is 0 Å². The average molecular weight is 226 g/mol. The molecule has 15 heavy (non-hydrogen) atoms. The molecule has 0 spiro atoms. The van der Waals surface area contributed by atoms with Crippen LogP contribution in [0.2, 0.25) is 0 Å². The summed E-state index contributed by atoms with van der Waals surface area (Å²) < 4.78 is 0. The Bertz CT molecular complexity index is 214. The van der Waals surface area contributed by atoms with E-state index in [2.05, 4.69) is 21.6 Å². The summed E-state index contributed by atoms with van der Waals surface area (Å²) in [6.07, 6.45) is 5.82. The fourth-order valence-electron chi connectivity index (χ4n) is 3.30. The van der Waals surface area contributed by atoms with Gasteiger partial charge in [-0.1, -0.05) is 0 Å². The molecule has 3 aliphatic heterocycles. The third kappa shape index (κ3) is 2.34. The second kappa shape index (κ2) is 4.64. The zero-order valence-corrected chi connectivity index (χ0v) is 10.3. The van der Waals surface area contributed by atoms with Gasteiger partial charge in [0.25, 0.3) is 0 Å². The number of fused-ring (bicyclic) bond motifs is 1. The quantitative estimate of drug-likeness (QED) is 0.707. The van der Waals surface area contributed by atoms with Crippen LogP contribution in [0.5, 0.6) is 0 Å². The van der Waals surface area contributed by atoms with Gasteiger partial charge in [-0.2, -0.15) is 11.8 Å². The molecule has 3 aliphatic rings. The van der Waals surface area contributed by atoms with Gasteiger partial charge in [0, 0.05) is 37.5 Å². The maximum atomic E-state index is 2.73. The lowest BCUT2D eigenvalue weighted by Crippen LogP contribution is -2.51. The second-order valence-corrected chi connectivity index (χ2v) is 6.63. The largest absolute Gasteiger partial charge is 0.299 e. The standard InChI is InChI=1S/C12H22N2S/c1-3-11-9-13(6-7-14(11)5-1)10-12-4-2-8-15-12/h11-12H,1-10H2. The van der Waals surface area contributed by atoms with Crippen LogP contribution in [0.3, 0.4) is 0 Å². The van der Waals surface area contributed by atoms with Crippen molar-refractivity contribution in [3.05, 3.63) is 0 Å². The number of hydrogen-bond acceptors (Lipinski definition) is 3. The van der Waals surface area contributed by atoms with E-state index in [0.717, 1.165) is 11.3 Å². The molecule has 0 bridgehead atoms. The second-order valence-electron chi connectivity index (χ2n) is 5.23. The minimum atomic E-state index is 0.908. The summed E-state index contributed by atoms with van der Waals surface area (Å²) >= 11 is 2.21. The number of hydrogen-bond donors (Lipinski definition) is 0. The van der Waals surface area contributed by atoms with Gasteiger partial charge >= 0.3 is 0 Å². The van der Waals surface area contributed by atoms with Gasteiger partial charge in [0.05, 0.1) is 0 Å². The van der Waals surface area contributed by atoms with Crippen molar-refractivity contribution < 1.29 is 0 Å². The van der Waals surface area contributed by atoms with Crippen molar-refractivity contribution in [1.82, 2.24) is 9.80 Å². The summed E-state index contributed by atoms with van der Waals surface area (Å²) in [6.45, 7) is 6.76. The number of thioether (sulfide) groups is 1. The molecule has 2 unspecified atom stereocenters. The van der Waals surface area contributed by atoms with E-state index in [9.17, 15) is 0 Å². The van der Waals surface area contributed by atoms with E-state index in [-0.39, 0.29) is 0 Å². The lowest BCUT2D eigenvalue weighted by atomic mass is 10.1. The van der Waals surface area contributed by atoms with Crippen molar-refractivity contribution in [3.8, 4) is 0 Å². The first kappa shape index (κ1) is 10.4. The monoisotopic (exact) mass is 226 g/mol. The fraction of sp³-hybridized carbons (Fsp3) is 1.00. The van der Waals surface area contributed by atoms with Crippen LogP contribution in [0.15, 0.2) is 0 Å². The third-order valence-electron chi connectivity index (χ3n) is 4.16. The molecule has 86 valence electrons. The van der Waals surface area contributed by atoms with E-state index in [4.69, 9.17) is 0 Å². The van der Waals surface area contributed by atoms with Gasteiger partial charge in [0.2, 0.25) is 0 Å². The maximum absolute atomic E-state index is 2.73. The Labute approximate surface area is 97.4 Å². The number of rotatable bonds is 2. The Hall–Kier alpha value is 0.270. The molecule has 3 saturated heterocycles. The van der Waals surface area contributed by atoms with Crippen LogP contribution in [-0.2, 0) is 0 Å². The Morgan fingerprint density at radius 2 is 2.07 bits per heavy atom. The molecule has 0 aromatic rings. The Balaban J connectivity index is 1.50. The smallest absolute Gasteiger partial charge is 0.0224 e. The Morgan fingerprint density at radius 3 is 2.93 bits per heavy atom. The molecule has 2 atom stereocenters. The van der Waals surface area contributed by atoms with Crippen LogP contribution in [0.25, 0.3) is 0 Å². The highest BCUT2D eigenvalue weighted by atomic mass is 32.2. The molecular formula is C12H22N2S. The molecule has 0 aromatic heterocycles. The van der Waals surface area contributed by atoms with E-state index in [0.29, 0.717) is 0 Å². The molecule has 3 heterocycles. The number of nitrogens with zero attached hydrogens (tertiary/aromatic N) is 2. The van der Waals surface area contributed by atoms with E-state index in [1.54, 1.807) is 0 Å². The van der Waals surface area contributed by atoms with Gasteiger partial charge in [0.15, 0.2) is 0 Å². The predicted octanol–water partition coefficient (Wildman–Crippen LogP) is 1.66. The van der Waals surface area contributed by atoms with E-state index >= 15 is 0 Å². The van der Waals surface area contributed by atoms with Crippen molar-refractivity contribution in [2.24, 2.45) is 0 Å². The van der Waals surface area contributed by atoms with Crippen molar-refractivity contribution in [2.45, 2.75) is 37.0 Å². The Kier molecular flexibility index (Phi) is 3.23. The molecule has 0 saturated carbocycles. The molecule has 3 rings (SSSR count). The van der Waals surface area contributed by atoms with Crippen LogP contribution >= 0.6 is 11.8 Å². The van der Waals surface area contributed by atoms with Crippen molar-refractivity contribution in [3.63, 3.8) is 0 Å². The van der Waals surface area contributed by atoms with Crippen LogP contribution in [0.4, 0.5) is 0 Å². The van der Waals surface area contributed by atoms with Crippen molar-refractivity contribution in [1.29, 1.82) is 0 Å². The zero-order valence-electron chi connectivity index (χ0n) is 9.53. The lowest BCUT2D eigenvalue weighted by Gasteiger charge is -2.38.